The van der Waals surface area contributed by atoms with Gasteiger partial charge in [-0.05, 0) is 51.4 Å². The SMILES string of the molecule is CC(C)[C@H]1CC[C@@H](C)C[C@H]1C(=O)NC(C)(C)C. The van der Waals surface area contributed by atoms with Crippen molar-refractivity contribution in [3.8, 4) is 0 Å². The lowest BCUT2D eigenvalue weighted by molar-refractivity contribution is -0.130. The zero-order valence-electron chi connectivity index (χ0n) is 12.3. The molecule has 1 aliphatic rings. The zero-order chi connectivity index (χ0) is 13.2. The van der Waals surface area contributed by atoms with Crippen LogP contribution in [0.1, 0.15) is 60.8 Å². The van der Waals surface area contributed by atoms with Crippen LogP contribution < -0.4 is 5.32 Å². The fourth-order valence-corrected chi connectivity index (χ4v) is 2.97. The summed E-state index contributed by atoms with van der Waals surface area (Å²) in [6.45, 7) is 12.9. The minimum atomic E-state index is -0.112. The second-order valence-corrected chi connectivity index (χ2v) is 7.17. The molecule has 0 aromatic heterocycles. The van der Waals surface area contributed by atoms with E-state index in [1.54, 1.807) is 0 Å². The Morgan fingerprint density at radius 3 is 2.29 bits per heavy atom. The van der Waals surface area contributed by atoms with Gasteiger partial charge < -0.3 is 5.32 Å². The topological polar surface area (TPSA) is 29.1 Å². The molecule has 1 amide bonds. The number of carbonyl (C=O) groups excluding carboxylic acids is 1. The molecule has 0 saturated heterocycles. The van der Waals surface area contributed by atoms with Crippen molar-refractivity contribution in [3.63, 3.8) is 0 Å². The van der Waals surface area contributed by atoms with E-state index < -0.39 is 0 Å². The summed E-state index contributed by atoms with van der Waals surface area (Å²) in [4.78, 5) is 12.4. The Bertz CT molecular complexity index is 265. The van der Waals surface area contributed by atoms with Gasteiger partial charge in [0.1, 0.15) is 0 Å². The lowest BCUT2D eigenvalue weighted by Gasteiger charge is -2.37. The van der Waals surface area contributed by atoms with Gasteiger partial charge in [-0.1, -0.05) is 27.2 Å². The average Bonchev–Trinajstić information content (AvgIpc) is 2.14. The van der Waals surface area contributed by atoms with Gasteiger partial charge in [0.25, 0.3) is 0 Å². The Morgan fingerprint density at radius 2 is 1.82 bits per heavy atom. The monoisotopic (exact) mass is 239 g/mol. The van der Waals surface area contributed by atoms with E-state index in [1.165, 1.54) is 12.8 Å². The second kappa shape index (κ2) is 5.41. The van der Waals surface area contributed by atoms with Crippen LogP contribution in [0.25, 0.3) is 0 Å². The fraction of sp³-hybridized carbons (Fsp3) is 0.933. The van der Waals surface area contributed by atoms with Gasteiger partial charge in [0.2, 0.25) is 5.91 Å². The summed E-state index contributed by atoms with van der Waals surface area (Å²) in [5, 5.41) is 3.16. The van der Waals surface area contributed by atoms with Gasteiger partial charge in [0.05, 0.1) is 0 Å². The molecule has 0 heterocycles. The highest BCUT2D eigenvalue weighted by Crippen LogP contribution is 2.38. The van der Waals surface area contributed by atoms with Crippen molar-refractivity contribution in [2.24, 2.45) is 23.7 Å². The van der Waals surface area contributed by atoms with Crippen LogP contribution >= 0.6 is 0 Å². The van der Waals surface area contributed by atoms with Gasteiger partial charge in [0.15, 0.2) is 0 Å². The van der Waals surface area contributed by atoms with E-state index in [9.17, 15) is 4.79 Å². The van der Waals surface area contributed by atoms with E-state index in [0.29, 0.717) is 17.8 Å². The third kappa shape index (κ3) is 4.33. The molecular formula is C15H29NO. The number of hydrogen-bond acceptors (Lipinski definition) is 1. The molecule has 2 heteroatoms. The molecule has 1 rings (SSSR count). The molecule has 1 fully saturated rings. The first-order chi connectivity index (χ1) is 7.70. The van der Waals surface area contributed by atoms with Crippen LogP contribution in [0, 0.1) is 23.7 Å². The highest BCUT2D eigenvalue weighted by Gasteiger charge is 2.36. The molecule has 17 heavy (non-hydrogen) atoms. The van der Waals surface area contributed by atoms with Gasteiger partial charge >= 0.3 is 0 Å². The van der Waals surface area contributed by atoms with E-state index in [0.717, 1.165) is 6.42 Å². The van der Waals surface area contributed by atoms with E-state index >= 15 is 0 Å². The molecule has 1 saturated carbocycles. The van der Waals surface area contributed by atoms with Crippen molar-refractivity contribution in [1.82, 2.24) is 5.32 Å². The standard InChI is InChI=1S/C15H29NO/c1-10(2)12-8-7-11(3)9-13(12)14(17)16-15(4,5)6/h10-13H,7-9H2,1-6H3,(H,16,17)/t11-,12-,13-/m1/s1. The molecule has 0 bridgehead atoms. The third-order valence-electron chi connectivity index (χ3n) is 3.86. The van der Waals surface area contributed by atoms with Crippen LogP contribution in [0.3, 0.4) is 0 Å². The summed E-state index contributed by atoms with van der Waals surface area (Å²) in [5.74, 6) is 2.35. The number of carbonyl (C=O) groups is 1. The maximum Gasteiger partial charge on any atom is 0.223 e. The van der Waals surface area contributed by atoms with E-state index in [-0.39, 0.29) is 17.4 Å². The predicted molar refractivity (Wildman–Crippen MR) is 72.7 cm³/mol. The van der Waals surface area contributed by atoms with Crippen LogP contribution in [0.4, 0.5) is 0 Å². The van der Waals surface area contributed by atoms with Gasteiger partial charge in [-0.25, -0.2) is 0 Å². The van der Waals surface area contributed by atoms with Crippen molar-refractivity contribution < 1.29 is 4.79 Å². The lowest BCUT2D eigenvalue weighted by atomic mass is 9.69. The molecular weight excluding hydrogens is 210 g/mol. The molecule has 1 aliphatic carbocycles. The molecule has 0 aromatic carbocycles. The summed E-state index contributed by atoms with van der Waals surface area (Å²) >= 11 is 0. The first-order valence-electron chi connectivity index (χ1n) is 7.02. The molecule has 2 nitrogen and oxygen atoms in total. The molecule has 3 atom stereocenters. The van der Waals surface area contributed by atoms with Gasteiger partial charge in [0, 0.05) is 11.5 Å². The fourth-order valence-electron chi connectivity index (χ4n) is 2.97. The normalized spacial score (nSPS) is 30.4. The summed E-state index contributed by atoms with van der Waals surface area (Å²) in [5.41, 5.74) is -0.112. The van der Waals surface area contributed by atoms with Crippen molar-refractivity contribution in [1.29, 1.82) is 0 Å². The summed E-state index contributed by atoms with van der Waals surface area (Å²) in [6, 6.07) is 0. The summed E-state index contributed by atoms with van der Waals surface area (Å²) < 4.78 is 0. The van der Waals surface area contributed by atoms with Crippen molar-refractivity contribution in [2.75, 3.05) is 0 Å². The van der Waals surface area contributed by atoms with Crippen LogP contribution in [-0.4, -0.2) is 11.4 Å². The van der Waals surface area contributed by atoms with E-state index in [2.05, 4.69) is 46.9 Å². The second-order valence-electron chi connectivity index (χ2n) is 7.17. The predicted octanol–water partition coefficient (Wildman–Crippen LogP) is 3.61. The molecule has 0 radical (unpaired) electrons. The van der Waals surface area contributed by atoms with Crippen molar-refractivity contribution in [3.05, 3.63) is 0 Å². The lowest BCUT2D eigenvalue weighted by Crippen LogP contribution is -2.47. The van der Waals surface area contributed by atoms with Crippen LogP contribution in [-0.2, 0) is 4.79 Å². The Balaban J connectivity index is 2.72. The van der Waals surface area contributed by atoms with Crippen LogP contribution in [0.15, 0.2) is 0 Å². The maximum absolute atomic E-state index is 12.4. The largest absolute Gasteiger partial charge is 0.351 e. The molecule has 0 spiro atoms. The van der Waals surface area contributed by atoms with E-state index in [4.69, 9.17) is 0 Å². The van der Waals surface area contributed by atoms with Gasteiger partial charge in [-0.15, -0.1) is 0 Å². The van der Waals surface area contributed by atoms with Crippen molar-refractivity contribution in [2.45, 2.75) is 66.3 Å². The third-order valence-corrected chi connectivity index (χ3v) is 3.86. The molecule has 0 aromatic rings. The average molecular weight is 239 g/mol. The highest BCUT2D eigenvalue weighted by molar-refractivity contribution is 5.79. The molecule has 0 unspecified atom stereocenters. The molecule has 100 valence electrons. The highest BCUT2D eigenvalue weighted by atomic mass is 16.2. The smallest absolute Gasteiger partial charge is 0.223 e. The van der Waals surface area contributed by atoms with Gasteiger partial charge in [-0.3, -0.25) is 4.79 Å². The van der Waals surface area contributed by atoms with Gasteiger partial charge in [-0.2, -0.15) is 0 Å². The van der Waals surface area contributed by atoms with Crippen molar-refractivity contribution >= 4 is 5.91 Å². The first-order valence-corrected chi connectivity index (χ1v) is 7.02. The minimum Gasteiger partial charge on any atom is -0.351 e. The Hall–Kier alpha value is -0.530. The maximum atomic E-state index is 12.4. The Kier molecular flexibility index (Phi) is 4.62. The molecule has 1 N–H and O–H groups in total. The Morgan fingerprint density at radius 1 is 1.24 bits per heavy atom. The summed E-state index contributed by atoms with van der Waals surface area (Å²) in [7, 11) is 0. The number of amides is 1. The number of rotatable bonds is 2. The quantitative estimate of drug-likeness (QED) is 0.783. The van der Waals surface area contributed by atoms with E-state index in [1.807, 2.05) is 0 Å². The van der Waals surface area contributed by atoms with Crippen LogP contribution in [0.5, 0.6) is 0 Å². The number of nitrogens with one attached hydrogen (secondary N) is 1. The Labute approximate surface area is 107 Å². The zero-order valence-corrected chi connectivity index (χ0v) is 12.3. The molecule has 0 aliphatic heterocycles. The summed E-state index contributed by atoms with van der Waals surface area (Å²) in [6.07, 6.45) is 3.55. The first kappa shape index (κ1) is 14.5. The van der Waals surface area contributed by atoms with Crippen LogP contribution in [0.2, 0.25) is 0 Å². The minimum absolute atomic E-state index is 0.112. The number of hydrogen-bond donors (Lipinski definition) is 1.